The molecule has 0 spiro atoms. The zero-order chi connectivity index (χ0) is 30.8. The average Bonchev–Trinajstić information content (AvgIpc) is 2.71. The Morgan fingerprint density at radius 2 is 0.744 bits per heavy atom. The van der Waals surface area contributed by atoms with Crippen molar-refractivity contribution in [1.29, 1.82) is 0 Å². The van der Waals surface area contributed by atoms with Crippen molar-refractivity contribution in [3.05, 3.63) is 30.3 Å². The number of rotatable bonds is 10. The molecule has 224 valence electrons. The summed E-state index contributed by atoms with van der Waals surface area (Å²) in [7, 11) is -6.42. The Labute approximate surface area is 224 Å². The summed E-state index contributed by atoms with van der Waals surface area (Å²) in [6.07, 6.45) is -15.6. The molecule has 3 nitrogen and oxygen atoms in total. The van der Waals surface area contributed by atoms with Gasteiger partial charge in [0.25, 0.3) is 0 Å². The molecule has 0 N–H and O–H groups in total. The van der Waals surface area contributed by atoms with Crippen molar-refractivity contribution in [2.75, 3.05) is 0 Å². The first-order valence-corrected chi connectivity index (χ1v) is 9.82. The zero-order valence-corrected chi connectivity index (χ0v) is 17.5. The van der Waals surface area contributed by atoms with Crippen LogP contribution in [0.25, 0.3) is 0 Å². The molecule has 0 bridgehead atoms. The van der Waals surface area contributed by atoms with E-state index in [4.69, 9.17) is 0 Å². The number of benzene rings is 1. The van der Waals surface area contributed by atoms with Gasteiger partial charge in [0.1, 0.15) is 0 Å². The van der Waals surface area contributed by atoms with Gasteiger partial charge in [0, 0.05) is 0 Å². The maximum absolute atomic E-state index is 13.7. The van der Waals surface area contributed by atoms with E-state index < -0.39 is 68.8 Å². The third-order valence-electron chi connectivity index (χ3n) is 4.33. The Hall–Kier alpha value is -1.20. The van der Waals surface area contributed by atoms with Crippen LogP contribution >= 0.6 is 0 Å². The molecular weight excluding hydrogens is 644 g/mol. The topological polar surface area (TPSA) is 43.4 Å². The molecule has 39 heavy (non-hydrogen) atoms. The van der Waals surface area contributed by atoms with E-state index in [9.17, 15) is 91.8 Å². The van der Waals surface area contributed by atoms with Gasteiger partial charge in [0.05, 0.1) is 4.90 Å². The Kier molecular flexibility index (Phi) is 9.94. The van der Waals surface area contributed by atoms with Gasteiger partial charge < -0.3 is 0 Å². The minimum atomic E-state index is -9.11. The van der Waals surface area contributed by atoms with E-state index in [0.717, 1.165) is 6.07 Å². The number of halogens is 19. The summed E-state index contributed by atoms with van der Waals surface area (Å²) in [5.74, 6) is -61.7. The SMILES string of the molecule is O=S(=O)(OC(F)(F)C(F)(F)C(F)(F)C(F)(F)C(F)(F)C(F)(F)C(F)(F)C(F)(F)C(F)(F)F)c1ccccc1.[NaH]. The molecule has 0 saturated heterocycles. The van der Waals surface area contributed by atoms with Crippen molar-refractivity contribution in [3.8, 4) is 0 Å². The summed E-state index contributed by atoms with van der Waals surface area (Å²) < 4.78 is 276. The van der Waals surface area contributed by atoms with Crippen LogP contribution in [0.15, 0.2) is 35.2 Å². The number of alkyl halides is 19. The monoisotopic (exact) mass is 650 g/mol. The van der Waals surface area contributed by atoms with Crippen molar-refractivity contribution >= 4 is 39.7 Å². The number of hydrogen-bond acceptors (Lipinski definition) is 3. The average molecular weight is 650 g/mol. The van der Waals surface area contributed by atoms with Crippen LogP contribution in [-0.2, 0) is 14.3 Å². The Bertz CT molecular complexity index is 1110. The van der Waals surface area contributed by atoms with Crippen LogP contribution in [0.2, 0.25) is 0 Å². The van der Waals surface area contributed by atoms with Gasteiger partial charge in [-0.1, -0.05) is 18.2 Å². The first-order chi connectivity index (χ1) is 16.3. The van der Waals surface area contributed by atoms with Crippen LogP contribution in [0.4, 0.5) is 83.4 Å². The molecule has 1 aromatic rings. The third-order valence-corrected chi connectivity index (χ3v) is 5.61. The quantitative estimate of drug-likeness (QED) is 0.169. The zero-order valence-electron chi connectivity index (χ0n) is 16.7. The van der Waals surface area contributed by atoms with Gasteiger partial charge in [-0.15, -0.1) is 0 Å². The Morgan fingerprint density at radius 3 is 1.05 bits per heavy atom. The van der Waals surface area contributed by atoms with Crippen molar-refractivity contribution < 1.29 is 96.0 Å². The van der Waals surface area contributed by atoms with E-state index in [1.165, 1.54) is 0 Å². The minimum absolute atomic E-state index is 0. The van der Waals surface area contributed by atoms with E-state index >= 15 is 0 Å². The first-order valence-electron chi connectivity index (χ1n) is 8.41. The summed E-state index contributed by atoms with van der Waals surface area (Å²) >= 11 is 0. The van der Waals surface area contributed by atoms with Crippen LogP contribution in [0.5, 0.6) is 0 Å². The fraction of sp³-hybridized carbons (Fsp3) is 0.600. The Balaban J connectivity index is 0.0000144. The van der Waals surface area contributed by atoms with Crippen LogP contribution in [-0.4, -0.2) is 91.7 Å². The van der Waals surface area contributed by atoms with Crippen molar-refractivity contribution in [2.24, 2.45) is 0 Å². The summed E-state index contributed by atoms with van der Waals surface area (Å²) in [6, 6.07) is 2.62. The molecule has 0 aliphatic heterocycles. The van der Waals surface area contributed by atoms with E-state index in [1.54, 1.807) is 0 Å². The molecule has 0 aliphatic rings. The van der Waals surface area contributed by atoms with Crippen molar-refractivity contribution in [3.63, 3.8) is 0 Å². The van der Waals surface area contributed by atoms with Crippen molar-refractivity contribution in [1.82, 2.24) is 0 Å². The molecule has 1 rings (SSSR count). The molecule has 0 fully saturated rings. The number of hydrogen-bond donors (Lipinski definition) is 0. The third kappa shape index (κ3) is 5.41. The summed E-state index contributed by atoms with van der Waals surface area (Å²) in [4.78, 5) is -1.61. The second kappa shape index (κ2) is 10.3. The predicted molar refractivity (Wildman–Crippen MR) is 87.5 cm³/mol. The molecule has 0 aromatic heterocycles. The van der Waals surface area contributed by atoms with E-state index in [-0.39, 0.29) is 41.7 Å². The summed E-state index contributed by atoms with van der Waals surface area (Å²) in [5.41, 5.74) is 0. The molecule has 0 saturated carbocycles. The van der Waals surface area contributed by atoms with Crippen LogP contribution in [0.3, 0.4) is 0 Å². The summed E-state index contributed by atoms with van der Waals surface area (Å²) in [5, 5.41) is 0. The van der Waals surface area contributed by atoms with Gasteiger partial charge in [-0.2, -0.15) is 96.0 Å². The van der Waals surface area contributed by atoms with Gasteiger partial charge >= 0.3 is 93.4 Å². The van der Waals surface area contributed by atoms with Crippen LogP contribution < -0.4 is 0 Å². The van der Waals surface area contributed by atoms with Gasteiger partial charge in [0.15, 0.2) is 0 Å². The van der Waals surface area contributed by atoms with Gasteiger partial charge in [-0.25, -0.2) is 0 Å². The molecule has 0 heterocycles. The fourth-order valence-corrected chi connectivity index (χ4v) is 3.14. The van der Waals surface area contributed by atoms with Gasteiger partial charge in [-0.3, -0.25) is 0 Å². The molecule has 0 amide bonds. The second-order valence-electron chi connectivity index (χ2n) is 6.89. The summed E-state index contributed by atoms with van der Waals surface area (Å²) in [6.45, 7) is 0. The van der Waals surface area contributed by atoms with Gasteiger partial charge in [0.2, 0.25) is 0 Å². The predicted octanol–water partition coefficient (Wildman–Crippen LogP) is 6.35. The fourth-order valence-electron chi connectivity index (χ4n) is 2.17. The molecule has 0 radical (unpaired) electrons. The molecular formula is C15H6F19NaO3S. The normalized spacial score (nSPS) is 15.7. The maximum atomic E-state index is 13.7. The standard InChI is InChI=1S/C15H5F19O3S.Na.H/c16-7(17,8(18,19)10(22,23)12(26,27)14(30,31)32)9(20,21)11(24,25)13(28,29)15(33,34)37-38(35,36)6-4-2-1-3-5-6;;/h1-5H;;. The molecule has 0 unspecified atom stereocenters. The molecule has 24 heteroatoms. The second-order valence-corrected chi connectivity index (χ2v) is 8.43. The van der Waals surface area contributed by atoms with E-state index in [0.29, 0.717) is 12.1 Å². The molecule has 0 aliphatic carbocycles. The van der Waals surface area contributed by atoms with Crippen molar-refractivity contribution in [2.45, 2.75) is 58.6 Å². The van der Waals surface area contributed by atoms with Gasteiger partial charge in [-0.05, 0) is 12.1 Å². The van der Waals surface area contributed by atoms with E-state index in [1.807, 2.05) is 0 Å². The van der Waals surface area contributed by atoms with Crippen LogP contribution in [0.1, 0.15) is 0 Å². The Morgan fingerprint density at radius 1 is 0.462 bits per heavy atom. The molecule has 1 aromatic carbocycles. The van der Waals surface area contributed by atoms with E-state index in [2.05, 4.69) is 4.18 Å². The van der Waals surface area contributed by atoms with Crippen LogP contribution in [0, 0.1) is 0 Å². The molecule has 0 atom stereocenters. The first kappa shape index (κ1) is 37.8.